The first-order valence-electron chi connectivity index (χ1n) is 6.24. The second-order valence-electron chi connectivity index (χ2n) is 4.68. The molecule has 5 N–H and O–H groups in total. The molecule has 5 unspecified atom stereocenters. The minimum atomic E-state index is -1.68. The molecule has 8 nitrogen and oxygen atoms in total. The van der Waals surface area contributed by atoms with Crippen LogP contribution in [0.3, 0.4) is 0 Å². The molecule has 0 saturated carbocycles. The minimum Gasteiger partial charge on any atom is -0.508 e. The number of hydrogen-bond acceptors (Lipinski definition) is 8. The average molecular weight is 300 g/mol. The van der Waals surface area contributed by atoms with Gasteiger partial charge in [-0.2, -0.15) is 0 Å². The molecular formula is C13H16O8. The number of carbonyl (C=O) groups excluding carboxylic acids is 1. The van der Waals surface area contributed by atoms with Crippen molar-refractivity contribution in [3.63, 3.8) is 0 Å². The first kappa shape index (κ1) is 15.7. The van der Waals surface area contributed by atoms with Gasteiger partial charge in [0.1, 0.15) is 36.8 Å². The smallest absolute Gasteiger partial charge is 0.338 e. The number of aromatic hydroxyl groups is 1. The maximum Gasteiger partial charge on any atom is 0.338 e. The van der Waals surface area contributed by atoms with Crippen LogP contribution in [0.25, 0.3) is 0 Å². The zero-order chi connectivity index (χ0) is 15.6. The van der Waals surface area contributed by atoms with Crippen molar-refractivity contribution in [2.24, 2.45) is 0 Å². The van der Waals surface area contributed by atoms with Crippen LogP contribution in [0.15, 0.2) is 24.3 Å². The highest BCUT2D eigenvalue weighted by atomic mass is 16.6. The Bertz CT molecular complexity index is 487. The van der Waals surface area contributed by atoms with Crippen molar-refractivity contribution in [3.8, 4) is 5.75 Å². The highest BCUT2D eigenvalue weighted by Crippen LogP contribution is 2.20. The molecule has 0 bridgehead atoms. The molecule has 0 spiro atoms. The van der Waals surface area contributed by atoms with Crippen LogP contribution in [-0.4, -0.2) is 68.8 Å². The number of aliphatic hydroxyl groups is 4. The van der Waals surface area contributed by atoms with E-state index < -0.39 is 43.3 Å². The van der Waals surface area contributed by atoms with Gasteiger partial charge in [0.2, 0.25) is 0 Å². The third-order valence-electron chi connectivity index (χ3n) is 3.17. The summed E-state index contributed by atoms with van der Waals surface area (Å²) in [5, 5.41) is 46.9. The largest absolute Gasteiger partial charge is 0.508 e. The lowest BCUT2D eigenvalue weighted by Crippen LogP contribution is -2.58. The second-order valence-corrected chi connectivity index (χ2v) is 4.68. The average Bonchev–Trinajstić information content (AvgIpc) is 2.48. The normalized spacial score (nSPS) is 32.7. The van der Waals surface area contributed by atoms with Crippen LogP contribution >= 0.6 is 0 Å². The highest BCUT2D eigenvalue weighted by molar-refractivity contribution is 5.89. The summed E-state index contributed by atoms with van der Waals surface area (Å²) in [4.78, 5) is 11.7. The molecule has 21 heavy (non-hydrogen) atoms. The van der Waals surface area contributed by atoms with Crippen LogP contribution in [0, 0.1) is 0 Å². The van der Waals surface area contributed by atoms with Crippen LogP contribution in [0.2, 0.25) is 0 Å². The van der Waals surface area contributed by atoms with Crippen molar-refractivity contribution in [2.45, 2.75) is 30.7 Å². The summed E-state index contributed by atoms with van der Waals surface area (Å²) in [6.45, 7) is -0.415. The number of ether oxygens (including phenoxy) is 2. The van der Waals surface area contributed by atoms with Gasteiger partial charge in [0.15, 0.2) is 6.29 Å². The maximum absolute atomic E-state index is 11.7. The maximum atomic E-state index is 11.7. The van der Waals surface area contributed by atoms with E-state index in [1.165, 1.54) is 24.3 Å². The summed E-state index contributed by atoms with van der Waals surface area (Å²) >= 11 is 0. The molecule has 5 atom stereocenters. The van der Waals surface area contributed by atoms with Gasteiger partial charge in [-0.3, -0.25) is 0 Å². The van der Waals surface area contributed by atoms with Gasteiger partial charge in [-0.25, -0.2) is 4.79 Å². The molecule has 0 amide bonds. The van der Waals surface area contributed by atoms with Gasteiger partial charge in [-0.05, 0) is 24.3 Å². The van der Waals surface area contributed by atoms with Gasteiger partial charge in [0, 0.05) is 0 Å². The molecule has 1 aromatic rings. The fraction of sp³-hybridized carbons (Fsp3) is 0.462. The number of rotatable bonds is 3. The Hall–Kier alpha value is -1.71. The SMILES string of the molecule is O=C(OCC1OC(O)C(O)C(O)C1O)c1ccc(O)cc1. The van der Waals surface area contributed by atoms with Crippen molar-refractivity contribution >= 4 is 5.97 Å². The summed E-state index contributed by atoms with van der Waals surface area (Å²) in [6.07, 6.45) is -7.59. The highest BCUT2D eigenvalue weighted by Gasteiger charge is 2.43. The van der Waals surface area contributed by atoms with E-state index >= 15 is 0 Å². The van der Waals surface area contributed by atoms with Crippen molar-refractivity contribution in [1.29, 1.82) is 0 Å². The van der Waals surface area contributed by atoms with Crippen LogP contribution in [0.5, 0.6) is 5.75 Å². The van der Waals surface area contributed by atoms with Crippen LogP contribution in [0.1, 0.15) is 10.4 Å². The number of phenolic OH excluding ortho intramolecular Hbond substituents is 1. The molecule has 8 heteroatoms. The van der Waals surface area contributed by atoms with Gasteiger partial charge >= 0.3 is 5.97 Å². The van der Waals surface area contributed by atoms with Gasteiger partial charge < -0.3 is 35.0 Å². The third-order valence-corrected chi connectivity index (χ3v) is 3.17. The van der Waals surface area contributed by atoms with Gasteiger partial charge in [-0.15, -0.1) is 0 Å². The number of phenols is 1. The zero-order valence-electron chi connectivity index (χ0n) is 10.9. The van der Waals surface area contributed by atoms with Crippen molar-refractivity contribution in [3.05, 3.63) is 29.8 Å². The first-order chi connectivity index (χ1) is 9.90. The lowest BCUT2D eigenvalue weighted by molar-refractivity contribution is -0.286. The van der Waals surface area contributed by atoms with E-state index in [2.05, 4.69) is 0 Å². The van der Waals surface area contributed by atoms with Crippen molar-refractivity contribution in [1.82, 2.24) is 0 Å². The summed E-state index contributed by atoms with van der Waals surface area (Å²) < 4.78 is 9.77. The Labute approximate surface area is 119 Å². The molecule has 116 valence electrons. The second kappa shape index (κ2) is 6.37. The van der Waals surface area contributed by atoms with E-state index in [4.69, 9.17) is 14.6 Å². The predicted molar refractivity (Wildman–Crippen MR) is 67.3 cm³/mol. The molecule has 1 saturated heterocycles. The summed E-state index contributed by atoms with van der Waals surface area (Å²) in [5.74, 6) is -0.723. The monoisotopic (exact) mass is 300 g/mol. The number of aliphatic hydroxyl groups excluding tert-OH is 4. The number of benzene rings is 1. The van der Waals surface area contributed by atoms with E-state index in [9.17, 15) is 25.2 Å². The van der Waals surface area contributed by atoms with E-state index in [1.54, 1.807) is 0 Å². The zero-order valence-corrected chi connectivity index (χ0v) is 10.9. The topological polar surface area (TPSA) is 137 Å². The van der Waals surface area contributed by atoms with Gasteiger partial charge in [0.25, 0.3) is 0 Å². The summed E-state index contributed by atoms with van der Waals surface area (Å²) in [7, 11) is 0. The Balaban J connectivity index is 1.93. The van der Waals surface area contributed by atoms with E-state index in [0.717, 1.165) is 0 Å². The lowest BCUT2D eigenvalue weighted by atomic mass is 9.99. The molecule has 0 aliphatic carbocycles. The Morgan fingerprint density at radius 3 is 2.29 bits per heavy atom. The molecule has 2 rings (SSSR count). The quantitative estimate of drug-likeness (QED) is 0.419. The van der Waals surface area contributed by atoms with Crippen molar-refractivity contribution < 1.29 is 39.8 Å². The minimum absolute atomic E-state index is 0.00202. The Morgan fingerprint density at radius 1 is 1.05 bits per heavy atom. The molecule has 1 fully saturated rings. The number of carbonyl (C=O) groups is 1. The van der Waals surface area contributed by atoms with E-state index in [-0.39, 0.29) is 11.3 Å². The number of esters is 1. The predicted octanol–water partition coefficient (Wildman–Crippen LogP) is -1.65. The van der Waals surface area contributed by atoms with Crippen LogP contribution < -0.4 is 0 Å². The molecule has 0 aromatic heterocycles. The summed E-state index contributed by atoms with van der Waals surface area (Å²) in [6, 6.07) is 5.32. The summed E-state index contributed by atoms with van der Waals surface area (Å²) in [5.41, 5.74) is 0.180. The molecule has 1 aliphatic heterocycles. The lowest BCUT2D eigenvalue weighted by Gasteiger charge is -2.37. The van der Waals surface area contributed by atoms with E-state index in [0.29, 0.717) is 0 Å². The van der Waals surface area contributed by atoms with Crippen LogP contribution in [0.4, 0.5) is 0 Å². The standard InChI is InChI=1S/C13H16O8/c14-7-3-1-6(2-4-7)12(18)20-5-8-9(15)10(16)11(17)13(19)21-8/h1-4,8-11,13-17,19H,5H2. The van der Waals surface area contributed by atoms with Crippen LogP contribution in [-0.2, 0) is 9.47 Å². The first-order valence-corrected chi connectivity index (χ1v) is 6.24. The fourth-order valence-corrected chi connectivity index (χ4v) is 1.91. The van der Waals surface area contributed by atoms with Gasteiger partial charge in [-0.1, -0.05) is 0 Å². The molecule has 0 radical (unpaired) electrons. The Morgan fingerprint density at radius 2 is 1.67 bits per heavy atom. The number of hydrogen-bond donors (Lipinski definition) is 5. The fourth-order valence-electron chi connectivity index (χ4n) is 1.91. The van der Waals surface area contributed by atoms with Crippen molar-refractivity contribution in [2.75, 3.05) is 6.61 Å². The van der Waals surface area contributed by atoms with Gasteiger partial charge in [0.05, 0.1) is 5.56 Å². The Kier molecular flexibility index (Phi) is 4.76. The van der Waals surface area contributed by atoms with E-state index in [1.807, 2.05) is 0 Å². The molecule has 1 heterocycles. The third kappa shape index (κ3) is 3.49. The molecular weight excluding hydrogens is 284 g/mol. The molecule has 1 aromatic carbocycles. The molecule has 1 aliphatic rings.